The van der Waals surface area contributed by atoms with E-state index in [1.165, 1.54) is 19.3 Å². The number of fused-ring (bicyclic) bond motifs is 1. The Labute approximate surface area is 223 Å². The number of benzene rings is 1. The maximum atomic E-state index is 13.5. The van der Waals surface area contributed by atoms with E-state index in [1.807, 2.05) is 6.92 Å². The van der Waals surface area contributed by atoms with E-state index in [4.69, 9.17) is 0 Å². The van der Waals surface area contributed by atoms with Crippen molar-refractivity contribution in [2.24, 2.45) is 5.92 Å². The first-order valence-corrected chi connectivity index (χ1v) is 15.3. The van der Waals surface area contributed by atoms with E-state index in [0.29, 0.717) is 44.4 Å². The minimum absolute atomic E-state index is 0.0573. The number of carbonyl (C=O) groups excluding carboxylic acids is 2. The predicted molar refractivity (Wildman–Crippen MR) is 137 cm³/mol. The van der Waals surface area contributed by atoms with E-state index < -0.39 is 45.7 Å². The molecule has 3 heterocycles. The molecule has 3 aliphatic heterocycles. The minimum Gasteiger partial charge on any atom is -0.337 e. The van der Waals surface area contributed by atoms with Gasteiger partial charge in [-0.3, -0.25) is 9.59 Å². The molecule has 38 heavy (non-hydrogen) atoms. The highest BCUT2D eigenvalue weighted by Crippen LogP contribution is 2.42. The Morgan fingerprint density at radius 2 is 1.68 bits per heavy atom. The summed E-state index contributed by atoms with van der Waals surface area (Å²) in [5.41, 5.74) is -0.959. The first-order chi connectivity index (χ1) is 18.1. The Morgan fingerprint density at radius 1 is 1.00 bits per heavy atom. The van der Waals surface area contributed by atoms with Gasteiger partial charge in [-0.05, 0) is 82.4 Å². The van der Waals surface area contributed by atoms with Crippen molar-refractivity contribution >= 4 is 21.8 Å². The van der Waals surface area contributed by atoms with Crippen LogP contribution in [0.5, 0.6) is 0 Å². The predicted octanol–water partition coefficient (Wildman–Crippen LogP) is 4.67. The topological polar surface area (TPSA) is 78.0 Å². The molecule has 0 radical (unpaired) electrons. The van der Waals surface area contributed by atoms with Gasteiger partial charge in [-0.15, -0.1) is 0 Å². The first kappa shape index (κ1) is 28.9. The molecule has 1 aromatic carbocycles. The van der Waals surface area contributed by atoms with Crippen LogP contribution >= 0.6 is 0 Å². The van der Waals surface area contributed by atoms with Crippen LogP contribution in [0.1, 0.15) is 76.7 Å². The van der Waals surface area contributed by atoms with E-state index in [2.05, 4.69) is 4.90 Å². The summed E-state index contributed by atoms with van der Waals surface area (Å²) in [7, 11) is -4.37. The Hall–Kier alpha value is -2.14. The van der Waals surface area contributed by atoms with E-state index in [9.17, 15) is 31.2 Å². The van der Waals surface area contributed by atoms with E-state index in [1.54, 1.807) is 4.90 Å². The normalized spacial score (nSPS) is 24.7. The highest BCUT2D eigenvalue weighted by atomic mass is 32.2. The summed E-state index contributed by atoms with van der Waals surface area (Å²) < 4.78 is 66.7. The number of unbranched alkanes of at least 4 members (excludes halogenated alkanes) is 2. The fourth-order valence-electron chi connectivity index (χ4n) is 6.25. The monoisotopic (exact) mass is 557 g/mol. The van der Waals surface area contributed by atoms with Crippen LogP contribution in [0.2, 0.25) is 0 Å². The number of carbonyl (C=O) groups is 2. The van der Waals surface area contributed by atoms with Crippen LogP contribution in [0, 0.1) is 5.92 Å². The molecule has 0 aromatic heterocycles. The molecule has 0 aliphatic carbocycles. The molecule has 212 valence electrons. The Balaban J connectivity index is 1.42. The van der Waals surface area contributed by atoms with Crippen LogP contribution < -0.4 is 0 Å². The third-order valence-electron chi connectivity index (χ3n) is 8.14. The van der Waals surface area contributed by atoms with Crippen molar-refractivity contribution in [2.45, 2.75) is 94.3 Å². The second kappa shape index (κ2) is 11.9. The quantitative estimate of drug-likeness (QED) is 0.391. The van der Waals surface area contributed by atoms with Gasteiger partial charge in [0.1, 0.15) is 0 Å². The third kappa shape index (κ3) is 6.03. The van der Waals surface area contributed by atoms with Crippen LogP contribution in [-0.2, 0) is 25.8 Å². The number of rotatable bonds is 10. The number of nitrogens with zero attached hydrogens (tertiary/aromatic N) is 3. The zero-order valence-corrected chi connectivity index (χ0v) is 22.8. The van der Waals surface area contributed by atoms with Crippen molar-refractivity contribution in [3.05, 3.63) is 29.8 Å². The molecule has 0 saturated carbocycles. The minimum atomic E-state index is -4.59. The summed E-state index contributed by atoms with van der Waals surface area (Å²) in [6.45, 7) is 5.61. The van der Waals surface area contributed by atoms with Crippen molar-refractivity contribution in [2.75, 3.05) is 26.2 Å². The lowest BCUT2D eigenvalue weighted by Crippen LogP contribution is -2.43. The van der Waals surface area contributed by atoms with Gasteiger partial charge in [0.05, 0.1) is 28.5 Å². The number of hydrogen-bond donors (Lipinski definition) is 0. The lowest BCUT2D eigenvalue weighted by Gasteiger charge is -2.28. The summed E-state index contributed by atoms with van der Waals surface area (Å²) in [4.78, 5) is 30.4. The molecule has 0 N–H and O–H groups in total. The van der Waals surface area contributed by atoms with E-state index in [-0.39, 0.29) is 10.8 Å². The largest absolute Gasteiger partial charge is 0.416 e. The van der Waals surface area contributed by atoms with Gasteiger partial charge in [-0.1, -0.05) is 26.2 Å². The number of piperidine rings is 1. The third-order valence-corrected chi connectivity index (χ3v) is 9.98. The van der Waals surface area contributed by atoms with Crippen LogP contribution in [0.3, 0.4) is 0 Å². The number of halogens is 3. The lowest BCUT2D eigenvalue weighted by atomic mass is 9.94. The molecule has 7 nitrogen and oxygen atoms in total. The molecule has 2 amide bonds. The zero-order chi connectivity index (χ0) is 27.5. The van der Waals surface area contributed by atoms with Crippen molar-refractivity contribution in [1.29, 1.82) is 0 Å². The average Bonchev–Trinajstić information content (AvgIpc) is 3.42. The molecule has 1 aromatic rings. The second-order valence-electron chi connectivity index (χ2n) is 10.7. The van der Waals surface area contributed by atoms with Crippen molar-refractivity contribution < 1.29 is 31.2 Å². The molecule has 3 aliphatic rings. The summed E-state index contributed by atoms with van der Waals surface area (Å²) >= 11 is 0. The van der Waals surface area contributed by atoms with Gasteiger partial charge in [0.15, 0.2) is 0 Å². The van der Waals surface area contributed by atoms with Crippen molar-refractivity contribution in [3.63, 3.8) is 0 Å². The Morgan fingerprint density at radius 3 is 2.32 bits per heavy atom. The first-order valence-electron chi connectivity index (χ1n) is 13.8. The van der Waals surface area contributed by atoms with Gasteiger partial charge in [0.2, 0.25) is 11.8 Å². The molecule has 3 atom stereocenters. The van der Waals surface area contributed by atoms with Gasteiger partial charge in [0.25, 0.3) is 10.0 Å². The molecule has 3 fully saturated rings. The summed E-state index contributed by atoms with van der Waals surface area (Å²) in [6.07, 6.45) is 3.71. The maximum absolute atomic E-state index is 13.5. The average molecular weight is 558 g/mol. The number of sulfonamides is 1. The van der Waals surface area contributed by atoms with Gasteiger partial charge < -0.3 is 9.80 Å². The van der Waals surface area contributed by atoms with Crippen LogP contribution in [0.4, 0.5) is 13.2 Å². The lowest BCUT2D eigenvalue weighted by molar-refractivity contribution is -0.138. The standard InChI is InChI=1S/C27H38F3N3O4S/c1-2-9-22-25-23(15-19-32(25)24(34)10-5-3-6-16-31-17-7-4-8-18-31)33(26(22)35)38(36,37)21-13-11-20(12-14-21)27(28,29)30/h11-14,22-23,25H,2-10,15-19H2,1H3/t22-,23+,25-/m1/s1. The molecular weight excluding hydrogens is 519 g/mol. The molecule has 3 saturated heterocycles. The smallest absolute Gasteiger partial charge is 0.337 e. The van der Waals surface area contributed by atoms with Gasteiger partial charge in [-0.2, -0.15) is 13.2 Å². The van der Waals surface area contributed by atoms with Crippen LogP contribution in [-0.4, -0.2) is 72.6 Å². The zero-order valence-electron chi connectivity index (χ0n) is 22.0. The van der Waals surface area contributed by atoms with Gasteiger partial charge in [0, 0.05) is 13.0 Å². The fourth-order valence-corrected chi connectivity index (χ4v) is 7.92. The summed E-state index contributed by atoms with van der Waals surface area (Å²) in [5, 5.41) is 0. The highest BCUT2D eigenvalue weighted by molar-refractivity contribution is 7.89. The number of hydrogen-bond acceptors (Lipinski definition) is 5. The van der Waals surface area contributed by atoms with Crippen LogP contribution in [0.25, 0.3) is 0 Å². The molecule has 0 unspecified atom stereocenters. The number of alkyl halides is 3. The summed E-state index contributed by atoms with van der Waals surface area (Å²) in [5.74, 6) is -1.27. The number of likely N-dealkylation sites (tertiary alicyclic amines) is 2. The SMILES string of the molecule is CCC[C@H]1C(=O)N(S(=O)(=O)c2ccc(C(F)(F)F)cc2)[C@H]2CCN(C(=O)CCCCCN3CCCCC3)[C@H]12. The second-order valence-corrected chi connectivity index (χ2v) is 12.5. The van der Waals surface area contributed by atoms with Gasteiger partial charge in [-0.25, -0.2) is 12.7 Å². The highest BCUT2D eigenvalue weighted by Gasteiger charge is 2.58. The van der Waals surface area contributed by atoms with Gasteiger partial charge >= 0.3 is 6.18 Å². The van der Waals surface area contributed by atoms with E-state index >= 15 is 0 Å². The van der Waals surface area contributed by atoms with Crippen LogP contribution in [0.15, 0.2) is 29.2 Å². The van der Waals surface area contributed by atoms with Crippen molar-refractivity contribution in [3.8, 4) is 0 Å². The Kier molecular flexibility index (Phi) is 9.07. The van der Waals surface area contributed by atoms with Crippen molar-refractivity contribution in [1.82, 2.24) is 14.1 Å². The maximum Gasteiger partial charge on any atom is 0.416 e. The molecular formula is C27H38F3N3O4S. The van der Waals surface area contributed by atoms with E-state index in [0.717, 1.165) is 55.3 Å². The summed E-state index contributed by atoms with van der Waals surface area (Å²) in [6, 6.07) is 1.99. The molecule has 0 spiro atoms. The Bertz CT molecular complexity index is 1090. The fraction of sp³-hybridized carbons (Fsp3) is 0.704. The molecule has 11 heteroatoms. The molecule has 0 bridgehead atoms. The molecule has 4 rings (SSSR count). The number of amides is 2.